The van der Waals surface area contributed by atoms with E-state index in [1.54, 1.807) is 0 Å². The van der Waals surface area contributed by atoms with Crippen LogP contribution < -0.4 is 24.8 Å². The Labute approximate surface area is 241 Å². The van der Waals surface area contributed by atoms with Gasteiger partial charge < -0.3 is 24.8 Å². The van der Waals surface area contributed by atoms with Gasteiger partial charge in [-0.25, -0.2) is 0 Å². The van der Waals surface area contributed by atoms with Crippen molar-refractivity contribution in [1.82, 2.24) is 0 Å². The molecule has 0 bridgehead atoms. The van der Waals surface area contributed by atoms with Gasteiger partial charge in [-0.3, -0.25) is 0 Å². The number of aryl methyl sites for hydroxylation is 2. The van der Waals surface area contributed by atoms with Gasteiger partial charge >= 0.3 is 218 Å². The minimum atomic E-state index is 0. The molecule has 0 fully saturated rings. The average Bonchev–Trinajstić information content (AvgIpc) is 3.40. The van der Waals surface area contributed by atoms with E-state index in [9.17, 15) is 0 Å². The summed E-state index contributed by atoms with van der Waals surface area (Å²) in [6.45, 7) is 4.51. The predicted molar refractivity (Wildman–Crippen MR) is 138 cm³/mol. The monoisotopic (exact) mass is 671 g/mol. The molecule has 0 saturated carbocycles. The number of halogens is 2. The van der Waals surface area contributed by atoms with E-state index in [4.69, 9.17) is 0 Å². The second-order valence-electron chi connectivity index (χ2n) is 9.20. The number of rotatable bonds is 3. The molecule has 0 radical (unpaired) electrons. The maximum Gasteiger partial charge on any atom is -1.00 e. The summed E-state index contributed by atoms with van der Waals surface area (Å²) in [5.74, 6) is 0.304. The molecule has 4 aromatic carbocycles. The molecule has 0 amide bonds. The van der Waals surface area contributed by atoms with Crippen LogP contribution in [0.5, 0.6) is 0 Å². The van der Waals surface area contributed by atoms with Crippen molar-refractivity contribution in [2.24, 2.45) is 0 Å². The van der Waals surface area contributed by atoms with Crippen LogP contribution in [-0.2, 0) is 24.4 Å². The molecule has 0 nitrogen and oxygen atoms in total. The Morgan fingerprint density at radius 2 is 1.06 bits per heavy atom. The van der Waals surface area contributed by atoms with Gasteiger partial charge in [-0.1, -0.05) is 0 Å². The number of fused-ring (bicyclic) bond motifs is 3. The van der Waals surface area contributed by atoms with Gasteiger partial charge in [0.2, 0.25) is 0 Å². The topological polar surface area (TPSA) is 0 Å². The molecule has 0 saturated heterocycles. The third-order valence-electron chi connectivity index (χ3n) is 7.17. The molecular formula is C33H25Cl2Hf. The van der Waals surface area contributed by atoms with E-state index in [0.29, 0.717) is 5.92 Å². The molecule has 4 aromatic rings. The van der Waals surface area contributed by atoms with Crippen molar-refractivity contribution in [3.63, 3.8) is 0 Å². The minimum Gasteiger partial charge on any atom is -1.00 e. The largest absolute Gasteiger partial charge is 1.00 e. The number of hydrogen-bond acceptors (Lipinski definition) is 0. The standard InChI is InChI=1S/C33H25.2ClH.Hf/c1-22-11-9-17-28-30(22)31-23(2)12-10-18-29(31)33(28)27-20-19-26(21-27)32(24-13-5-3-6-14-24)25-15-7-4-8-16-25;;;/h3-20,33H,1-2H3;2*1H;/q;;;+2/p-2. The van der Waals surface area contributed by atoms with E-state index < -0.39 is 0 Å². The SMILES string of the molecule is Cc1cccc2c1-c1c(C)cccc1C2C1=[C]([Hf+2])C(=C(c2ccccc2)c2ccccc2)C=C1.[Cl-].[Cl-]. The summed E-state index contributed by atoms with van der Waals surface area (Å²) in [4.78, 5) is 0. The van der Waals surface area contributed by atoms with Gasteiger partial charge in [-0.05, 0) is 0 Å². The Balaban J connectivity index is 0.00000152. The predicted octanol–water partition coefficient (Wildman–Crippen LogP) is 2.30. The Kier molecular flexibility index (Phi) is 8.05. The second-order valence-corrected chi connectivity index (χ2v) is 11.0. The smallest absolute Gasteiger partial charge is 1.00 e. The first-order valence-corrected chi connectivity index (χ1v) is 13.6. The summed E-state index contributed by atoms with van der Waals surface area (Å²) < 4.78 is 1.51. The van der Waals surface area contributed by atoms with Crippen LogP contribution in [0, 0.1) is 13.8 Å². The molecule has 2 aliphatic rings. The van der Waals surface area contributed by atoms with Crippen LogP contribution in [0.3, 0.4) is 0 Å². The number of benzene rings is 4. The Morgan fingerprint density at radius 1 is 0.583 bits per heavy atom. The molecule has 0 spiro atoms. The molecule has 0 heterocycles. The van der Waals surface area contributed by atoms with Crippen LogP contribution in [-0.4, -0.2) is 0 Å². The van der Waals surface area contributed by atoms with Gasteiger partial charge in [0.1, 0.15) is 0 Å². The van der Waals surface area contributed by atoms with E-state index >= 15 is 0 Å². The van der Waals surface area contributed by atoms with Gasteiger partial charge in [0.15, 0.2) is 0 Å². The molecule has 2 aliphatic carbocycles. The fraction of sp³-hybridized carbons (Fsp3) is 0.0909. The van der Waals surface area contributed by atoms with Crippen molar-refractivity contribution < 1.29 is 49.2 Å². The summed E-state index contributed by atoms with van der Waals surface area (Å²) in [7, 11) is 0. The van der Waals surface area contributed by atoms with Crippen LogP contribution in [0.1, 0.15) is 39.3 Å². The molecule has 0 unspecified atom stereocenters. The van der Waals surface area contributed by atoms with E-state index in [1.165, 1.54) is 64.6 Å². The average molecular weight is 671 g/mol. The van der Waals surface area contributed by atoms with E-state index in [1.807, 2.05) is 0 Å². The molecule has 36 heavy (non-hydrogen) atoms. The Bertz CT molecular complexity index is 1420. The minimum absolute atomic E-state index is 0. The zero-order valence-electron chi connectivity index (χ0n) is 20.2. The third-order valence-corrected chi connectivity index (χ3v) is 9.18. The van der Waals surface area contributed by atoms with E-state index in [-0.39, 0.29) is 24.8 Å². The van der Waals surface area contributed by atoms with Crippen molar-refractivity contribution in [2.45, 2.75) is 19.8 Å². The first-order chi connectivity index (χ1) is 16.6. The Morgan fingerprint density at radius 3 is 1.53 bits per heavy atom. The zero-order valence-corrected chi connectivity index (χ0v) is 25.3. The van der Waals surface area contributed by atoms with Crippen LogP contribution in [0.15, 0.2) is 124 Å². The summed E-state index contributed by atoms with van der Waals surface area (Å²) in [5, 5.41) is 0. The normalized spacial score (nSPS) is 13.7. The zero-order chi connectivity index (χ0) is 23.2. The van der Waals surface area contributed by atoms with Gasteiger partial charge in [-0.2, -0.15) is 0 Å². The molecule has 0 aromatic heterocycles. The fourth-order valence-corrected chi connectivity index (χ4v) is 7.25. The van der Waals surface area contributed by atoms with Crippen LogP contribution in [0.2, 0.25) is 0 Å². The molecular weight excluding hydrogens is 646 g/mol. The van der Waals surface area contributed by atoms with Gasteiger partial charge in [-0.15, -0.1) is 0 Å². The summed E-state index contributed by atoms with van der Waals surface area (Å²) in [5.41, 5.74) is 15.3. The van der Waals surface area contributed by atoms with Crippen LogP contribution >= 0.6 is 0 Å². The quantitative estimate of drug-likeness (QED) is 0.294. The van der Waals surface area contributed by atoms with Crippen LogP contribution in [0.25, 0.3) is 16.7 Å². The number of hydrogen-bond donors (Lipinski definition) is 0. The van der Waals surface area contributed by atoms with Crippen LogP contribution in [0.4, 0.5) is 0 Å². The third kappa shape index (κ3) is 4.32. The fourth-order valence-electron chi connectivity index (χ4n) is 5.68. The summed E-state index contributed by atoms with van der Waals surface area (Å²) in [6, 6.07) is 35.4. The second kappa shape index (κ2) is 10.9. The van der Waals surface area contributed by atoms with Gasteiger partial charge in [0.25, 0.3) is 0 Å². The van der Waals surface area contributed by atoms with E-state index in [0.717, 1.165) is 24.4 Å². The molecule has 175 valence electrons. The first kappa shape index (κ1) is 26.6. The maximum atomic E-state index is 2.40. The van der Waals surface area contributed by atoms with Crippen molar-refractivity contribution in [3.05, 3.63) is 157 Å². The Hall–Kier alpha value is -2.45. The van der Waals surface area contributed by atoms with E-state index in [2.05, 4.69) is 123 Å². The summed E-state index contributed by atoms with van der Waals surface area (Å²) >= 11 is 0.993. The van der Waals surface area contributed by atoms with Gasteiger partial charge in [0.05, 0.1) is 0 Å². The van der Waals surface area contributed by atoms with Crippen molar-refractivity contribution in [2.75, 3.05) is 0 Å². The van der Waals surface area contributed by atoms with Gasteiger partial charge in [0, 0.05) is 0 Å². The number of allylic oxidation sites excluding steroid dienone is 5. The van der Waals surface area contributed by atoms with Crippen molar-refractivity contribution in [1.29, 1.82) is 0 Å². The first-order valence-electron chi connectivity index (χ1n) is 11.8. The molecule has 0 N–H and O–H groups in total. The van der Waals surface area contributed by atoms with Crippen molar-refractivity contribution >= 4 is 5.57 Å². The maximum absolute atomic E-state index is 2.40. The molecule has 0 atom stereocenters. The summed E-state index contributed by atoms with van der Waals surface area (Å²) in [6.07, 6.45) is 4.77. The molecule has 0 aliphatic heterocycles. The molecule has 6 rings (SSSR count). The molecule has 3 heteroatoms. The van der Waals surface area contributed by atoms with Crippen molar-refractivity contribution in [3.8, 4) is 11.1 Å².